The molecule has 1 nitrogen and oxygen atoms in total. The first-order valence-corrected chi connectivity index (χ1v) is 7.52. The van der Waals surface area contributed by atoms with Gasteiger partial charge in [-0.25, -0.2) is 0 Å². The summed E-state index contributed by atoms with van der Waals surface area (Å²) in [7, 11) is -0.0329. The highest BCUT2D eigenvalue weighted by atomic mass is 35.5. The Morgan fingerprint density at radius 2 is 1.69 bits per heavy atom. The standard InChI is InChI=1S/C10H24ClNSi/c1-6-12(7-2)9(11)10(4,5)13-8-3/h9H,6-8,13H2,1-5H3. The summed E-state index contributed by atoms with van der Waals surface area (Å²) >= 11 is 6.48. The van der Waals surface area contributed by atoms with Crippen LogP contribution >= 0.6 is 11.6 Å². The van der Waals surface area contributed by atoms with E-state index in [0.29, 0.717) is 5.04 Å². The number of nitrogens with zero attached hydrogens (tertiary/aromatic N) is 1. The molecule has 0 amide bonds. The van der Waals surface area contributed by atoms with Crippen molar-refractivity contribution in [2.45, 2.75) is 51.2 Å². The van der Waals surface area contributed by atoms with Crippen LogP contribution in [-0.4, -0.2) is 33.0 Å². The summed E-state index contributed by atoms with van der Waals surface area (Å²) in [6, 6.07) is 1.34. The van der Waals surface area contributed by atoms with E-state index < -0.39 is 0 Å². The van der Waals surface area contributed by atoms with Crippen LogP contribution < -0.4 is 0 Å². The van der Waals surface area contributed by atoms with Gasteiger partial charge in [-0.1, -0.05) is 40.7 Å². The molecule has 0 aromatic carbocycles. The normalized spacial score (nSPS) is 15.9. The van der Waals surface area contributed by atoms with Crippen molar-refractivity contribution >= 4 is 21.1 Å². The maximum absolute atomic E-state index is 6.48. The van der Waals surface area contributed by atoms with Gasteiger partial charge in [0.15, 0.2) is 0 Å². The predicted molar refractivity (Wildman–Crippen MR) is 65.6 cm³/mol. The summed E-state index contributed by atoms with van der Waals surface area (Å²) < 4.78 is 0. The molecule has 0 aliphatic rings. The maximum atomic E-state index is 6.48. The van der Waals surface area contributed by atoms with Crippen LogP contribution in [0.15, 0.2) is 0 Å². The van der Waals surface area contributed by atoms with E-state index in [1.54, 1.807) is 0 Å². The van der Waals surface area contributed by atoms with Gasteiger partial charge in [-0.3, -0.25) is 4.90 Å². The quantitative estimate of drug-likeness (QED) is 0.379. The summed E-state index contributed by atoms with van der Waals surface area (Å²) in [5, 5.41) is 0.363. The van der Waals surface area contributed by atoms with Crippen molar-refractivity contribution in [3.8, 4) is 0 Å². The van der Waals surface area contributed by atoms with Gasteiger partial charge in [0.25, 0.3) is 0 Å². The highest BCUT2D eigenvalue weighted by molar-refractivity contribution is 6.43. The molecule has 0 N–H and O–H groups in total. The minimum absolute atomic E-state index is 0.0329. The molecule has 0 radical (unpaired) electrons. The fraction of sp³-hybridized carbons (Fsp3) is 1.00. The minimum Gasteiger partial charge on any atom is -0.288 e. The fourth-order valence-corrected chi connectivity index (χ4v) is 4.19. The summed E-state index contributed by atoms with van der Waals surface area (Å²) in [4.78, 5) is 2.35. The lowest BCUT2D eigenvalue weighted by Gasteiger charge is -2.37. The molecule has 0 rings (SSSR count). The first-order chi connectivity index (χ1) is 5.99. The van der Waals surface area contributed by atoms with Crippen LogP contribution in [0.25, 0.3) is 0 Å². The first kappa shape index (κ1) is 13.5. The number of rotatable bonds is 6. The lowest BCUT2D eigenvalue weighted by atomic mass is 10.2. The van der Waals surface area contributed by atoms with Crippen LogP contribution in [0.1, 0.15) is 34.6 Å². The lowest BCUT2D eigenvalue weighted by molar-refractivity contribution is 0.242. The van der Waals surface area contributed by atoms with E-state index in [-0.39, 0.29) is 15.0 Å². The Labute approximate surface area is 90.7 Å². The van der Waals surface area contributed by atoms with Gasteiger partial charge in [-0.05, 0) is 18.1 Å². The van der Waals surface area contributed by atoms with Crippen LogP contribution in [-0.2, 0) is 0 Å². The summed E-state index contributed by atoms with van der Waals surface area (Å²) in [5.74, 6) is 0. The zero-order chi connectivity index (χ0) is 10.5. The molecular formula is C10H24ClNSi. The van der Waals surface area contributed by atoms with Crippen molar-refractivity contribution in [3.05, 3.63) is 0 Å². The minimum atomic E-state index is -0.0329. The second-order valence-corrected chi connectivity index (χ2v) is 8.03. The topological polar surface area (TPSA) is 3.24 Å². The van der Waals surface area contributed by atoms with E-state index in [4.69, 9.17) is 11.6 Å². The first-order valence-electron chi connectivity index (χ1n) is 5.37. The third-order valence-corrected chi connectivity index (χ3v) is 5.97. The second kappa shape index (κ2) is 6.05. The van der Waals surface area contributed by atoms with Gasteiger partial charge in [0.05, 0.1) is 5.50 Å². The number of hydrogen-bond donors (Lipinski definition) is 0. The Hall–Kier alpha value is 0.467. The molecule has 0 bridgehead atoms. The molecular weight excluding hydrogens is 198 g/mol. The van der Waals surface area contributed by atoms with Gasteiger partial charge < -0.3 is 0 Å². The average molecular weight is 222 g/mol. The van der Waals surface area contributed by atoms with Crippen molar-refractivity contribution in [3.63, 3.8) is 0 Å². The molecule has 1 atom stereocenters. The van der Waals surface area contributed by atoms with E-state index in [9.17, 15) is 0 Å². The van der Waals surface area contributed by atoms with Crippen molar-refractivity contribution in [2.24, 2.45) is 0 Å². The molecule has 80 valence electrons. The summed E-state index contributed by atoms with van der Waals surface area (Å²) in [6.07, 6.45) is 0. The van der Waals surface area contributed by atoms with E-state index >= 15 is 0 Å². The molecule has 0 aromatic rings. The van der Waals surface area contributed by atoms with Crippen LogP contribution in [0.3, 0.4) is 0 Å². The molecule has 0 aliphatic carbocycles. The number of hydrogen-bond acceptors (Lipinski definition) is 1. The van der Waals surface area contributed by atoms with Gasteiger partial charge in [0, 0.05) is 9.52 Å². The van der Waals surface area contributed by atoms with E-state index in [0.717, 1.165) is 13.1 Å². The van der Waals surface area contributed by atoms with Gasteiger partial charge in [-0.2, -0.15) is 0 Å². The summed E-state index contributed by atoms with van der Waals surface area (Å²) in [5.41, 5.74) is 0.231. The van der Waals surface area contributed by atoms with E-state index in [2.05, 4.69) is 39.5 Å². The summed E-state index contributed by atoms with van der Waals surface area (Å²) in [6.45, 7) is 13.4. The fourth-order valence-electron chi connectivity index (χ4n) is 1.80. The highest BCUT2D eigenvalue weighted by Gasteiger charge is 2.30. The monoisotopic (exact) mass is 221 g/mol. The molecule has 0 spiro atoms. The van der Waals surface area contributed by atoms with Crippen LogP contribution in [0.2, 0.25) is 11.1 Å². The zero-order valence-corrected chi connectivity index (χ0v) is 11.9. The van der Waals surface area contributed by atoms with Crippen LogP contribution in [0, 0.1) is 0 Å². The van der Waals surface area contributed by atoms with E-state index in [1.807, 2.05) is 0 Å². The molecule has 3 heteroatoms. The molecule has 0 fully saturated rings. The molecule has 13 heavy (non-hydrogen) atoms. The lowest BCUT2D eigenvalue weighted by Crippen LogP contribution is -2.40. The Bertz CT molecular complexity index is 135. The van der Waals surface area contributed by atoms with Crippen molar-refractivity contribution < 1.29 is 0 Å². The maximum Gasteiger partial charge on any atom is 0.0871 e. The Balaban J connectivity index is 4.26. The SMILES string of the molecule is CC[SiH2]C(C)(C)C(Cl)N(CC)CC. The van der Waals surface area contributed by atoms with Crippen molar-refractivity contribution in [1.82, 2.24) is 4.90 Å². The third-order valence-electron chi connectivity index (χ3n) is 2.67. The van der Waals surface area contributed by atoms with Gasteiger partial charge in [0.2, 0.25) is 0 Å². The van der Waals surface area contributed by atoms with Gasteiger partial charge in [-0.15, -0.1) is 11.6 Å². The third kappa shape index (κ3) is 4.01. The predicted octanol–water partition coefficient (Wildman–Crippen LogP) is 2.70. The smallest absolute Gasteiger partial charge is 0.0871 e. The largest absolute Gasteiger partial charge is 0.288 e. The Morgan fingerprint density at radius 3 is 2.00 bits per heavy atom. The molecule has 0 saturated carbocycles. The molecule has 0 aliphatic heterocycles. The number of halogens is 1. The Kier molecular flexibility index (Phi) is 6.26. The zero-order valence-electron chi connectivity index (χ0n) is 9.73. The van der Waals surface area contributed by atoms with Crippen molar-refractivity contribution in [1.29, 1.82) is 0 Å². The van der Waals surface area contributed by atoms with Crippen molar-refractivity contribution in [2.75, 3.05) is 13.1 Å². The number of alkyl halides is 1. The van der Waals surface area contributed by atoms with Crippen LogP contribution in [0.4, 0.5) is 0 Å². The molecule has 1 unspecified atom stereocenters. The van der Waals surface area contributed by atoms with Gasteiger partial charge >= 0.3 is 0 Å². The molecule has 0 heterocycles. The average Bonchev–Trinajstić information content (AvgIpc) is 2.06. The molecule has 0 aromatic heterocycles. The van der Waals surface area contributed by atoms with Crippen LogP contribution in [0.5, 0.6) is 0 Å². The van der Waals surface area contributed by atoms with Gasteiger partial charge in [0.1, 0.15) is 0 Å². The second-order valence-electron chi connectivity index (χ2n) is 4.30. The Morgan fingerprint density at radius 1 is 1.23 bits per heavy atom. The highest BCUT2D eigenvalue weighted by Crippen LogP contribution is 2.34. The molecule has 0 saturated heterocycles. The van der Waals surface area contributed by atoms with E-state index in [1.165, 1.54) is 6.04 Å².